The second-order valence-electron chi connectivity index (χ2n) is 2.88. The molecule has 0 aliphatic heterocycles. The molecule has 0 aliphatic carbocycles. The van der Waals surface area contributed by atoms with E-state index >= 15 is 0 Å². The van der Waals surface area contributed by atoms with Crippen LogP contribution in [0.4, 0.5) is 8.78 Å². The van der Waals surface area contributed by atoms with Gasteiger partial charge in [-0.05, 0) is 18.2 Å². The summed E-state index contributed by atoms with van der Waals surface area (Å²) in [5.41, 5.74) is 0.0406. The van der Waals surface area contributed by atoms with E-state index in [0.29, 0.717) is 0 Å². The predicted octanol–water partition coefficient (Wildman–Crippen LogP) is 3.36. The summed E-state index contributed by atoms with van der Waals surface area (Å²) < 4.78 is 31.3. The molecule has 0 saturated carbocycles. The first-order valence-corrected chi connectivity index (χ1v) is 4.70. The summed E-state index contributed by atoms with van der Waals surface area (Å²) in [6.45, 7) is 0. The van der Waals surface area contributed by atoms with Gasteiger partial charge in [-0.15, -0.1) is 11.6 Å². The van der Waals surface area contributed by atoms with Crippen molar-refractivity contribution in [2.45, 2.75) is 5.88 Å². The number of oxazole rings is 1. The lowest BCUT2D eigenvalue weighted by Crippen LogP contribution is -1.84. The molecule has 0 radical (unpaired) electrons. The molecule has 0 spiro atoms. The smallest absolute Gasteiger partial charge is 0.209 e. The molecule has 5 heteroatoms. The van der Waals surface area contributed by atoms with E-state index in [9.17, 15) is 8.78 Å². The van der Waals surface area contributed by atoms with Crippen LogP contribution < -0.4 is 0 Å². The maximum Gasteiger partial charge on any atom is 0.209 e. The van der Waals surface area contributed by atoms with Gasteiger partial charge in [0.1, 0.15) is 11.6 Å². The largest absolute Gasteiger partial charge is 0.439 e. The Morgan fingerprint density at radius 2 is 2.13 bits per heavy atom. The summed E-state index contributed by atoms with van der Waals surface area (Å²) in [4.78, 5) is 3.79. The molecular weight excluding hydrogens is 224 g/mol. The zero-order valence-electron chi connectivity index (χ0n) is 7.51. The lowest BCUT2D eigenvalue weighted by atomic mass is 10.2. The van der Waals surface area contributed by atoms with Crippen molar-refractivity contribution in [3.05, 3.63) is 41.9 Å². The fourth-order valence-electron chi connectivity index (χ4n) is 1.18. The molecule has 0 N–H and O–H groups in total. The van der Waals surface area contributed by atoms with Crippen molar-refractivity contribution in [1.82, 2.24) is 4.98 Å². The Hall–Kier alpha value is -1.42. The molecule has 0 amide bonds. The number of halogens is 3. The van der Waals surface area contributed by atoms with Crippen LogP contribution in [0.1, 0.15) is 5.89 Å². The second kappa shape index (κ2) is 3.98. The first-order chi connectivity index (χ1) is 7.20. The maximum absolute atomic E-state index is 13.3. The molecule has 0 bridgehead atoms. The van der Waals surface area contributed by atoms with Crippen molar-refractivity contribution in [2.75, 3.05) is 0 Å². The van der Waals surface area contributed by atoms with Gasteiger partial charge < -0.3 is 4.42 Å². The second-order valence-corrected chi connectivity index (χ2v) is 3.14. The fraction of sp³-hybridized carbons (Fsp3) is 0.100. The third-order valence-corrected chi connectivity index (χ3v) is 2.09. The molecular formula is C10H6ClF2NO. The standard InChI is InChI=1S/C10H6ClF2NO/c11-4-10-14-5-9(15-10)7-3-6(12)1-2-8(7)13/h1-3,5H,4H2. The van der Waals surface area contributed by atoms with Crippen molar-refractivity contribution < 1.29 is 13.2 Å². The topological polar surface area (TPSA) is 26.0 Å². The van der Waals surface area contributed by atoms with E-state index in [4.69, 9.17) is 16.0 Å². The van der Waals surface area contributed by atoms with Crippen molar-refractivity contribution in [2.24, 2.45) is 0 Å². The van der Waals surface area contributed by atoms with Crippen LogP contribution in [0.5, 0.6) is 0 Å². The quantitative estimate of drug-likeness (QED) is 0.738. The molecule has 2 rings (SSSR count). The first kappa shape index (κ1) is 10.1. The average molecular weight is 230 g/mol. The number of hydrogen-bond acceptors (Lipinski definition) is 2. The molecule has 2 aromatic rings. The average Bonchev–Trinajstić information content (AvgIpc) is 2.70. The molecule has 1 aromatic carbocycles. The van der Waals surface area contributed by atoms with Gasteiger partial charge in [-0.1, -0.05) is 0 Å². The van der Waals surface area contributed by atoms with Gasteiger partial charge in [-0.2, -0.15) is 0 Å². The molecule has 15 heavy (non-hydrogen) atoms. The van der Waals surface area contributed by atoms with Crippen molar-refractivity contribution in [1.29, 1.82) is 0 Å². The summed E-state index contributed by atoms with van der Waals surface area (Å²) in [7, 11) is 0. The Balaban J connectivity index is 2.48. The summed E-state index contributed by atoms with van der Waals surface area (Å²) in [6, 6.07) is 3.12. The lowest BCUT2D eigenvalue weighted by molar-refractivity contribution is 0.521. The molecule has 0 atom stereocenters. The van der Waals surface area contributed by atoms with Gasteiger partial charge >= 0.3 is 0 Å². The lowest BCUT2D eigenvalue weighted by Gasteiger charge is -1.98. The normalized spacial score (nSPS) is 10.6. The van der Waals surface area contributed by atoms with E-state index < -0.39 is 11.6 Å². The van der Waals surface area contributed by atoms with Gasteiger partial charge in [-0.25, -0.2) is 13.8 Å². The molecule has 0 unspecified atom stereocenters. The Labute approximate surface area is 89.5 Å². The zero-order chi connectivity index (χ0) is 10.8. The Morgan fingerprint density at radius 3 is 2.80 bits per heavy atom. The van der Waals surface area contributed by atoms with E-state index in [1.165, 1.54) is 6.20 Å². The highest BCUT2D eigenvalue weighted by atomic mass is 35.5. The van der Waals surface area contributed by atoms with Crippen LogP contribution >= 0.6 is 11.6 Å². The Bertz CT molecular complexity index is 484. The number of alkyl halides is 1. The minimum Gasteiger partial charge on any atom is -0.439 e. The van der Waals surface area contributed by atoms with Gasteiger partial charge in [-0.3, -0.25) is 0 Å². The van der Waals surface area contributed by atoms with Gasteiger partial charge in [0.2, 0.25) is 5.89 Å². The van der Waals surface area contributed by atoms with Crippen LogP contribution in [-0.4, -0.2) is 4.98 Å². The van der Waals surface area contributed by atoms with Gasteiger partial charge in [0, 0.05) is 0 Å². The molecule has 0 saturated heterocycles. The minimum atomic E-state index is -0.561. The highest BCUT2D eigenvalue weighted by molar-refractivity contribution is 6.16. The molecule has 0 fully saturated rings. The third-order valence-electron chi connectivity index (χ3n) is 1.86. The zero-order valence-corrected chi connectivity index (χ0v) is 8.26. The number of aromatic nitrogens is 1. The number of benzene rings is 1. The van der Waals surface area contributed by atoms with Crippen molar-refractivity contribution in [3.8, 4) is 11.3 Å². The van der Waals surface area contributed by atoms with E-state index in [2.05, 4.69) is 4.98 Å². The Kier molecular flexibility index (Phi) is 2.68. The van der Waals surface area contributed by atoms with Crippen molar-refractivity contribution in [3.63, 3.8) is 0 Å². The molecule has 2 nitrogen and oxygen atoms in total. The van der Waals surface area contributed by atoms with Crippen LogP contribution in [0.25, 0.3) is 11.3 Å². The monoisotopic (exact) mass is 229 g/mol. The number of rotatable bonds is 2. The van der Waals surface area contributed by atoms with Crippen LogP contribution in [0.2, 0.25) is 0 Å². The van der Waals surface area contributed by atoms with E-state index in [-0.39, 0.29) is 23.1 Å². The molecule has 1 aromatic heterocycles. The van der Waals surface area contributed by atoms with E-state index in [1.54, 1.807) is 0 Å². The summed E-state index contributed by atoms with van der Waals surface area (Å²) >= 11 is 5.47. The van der Waals surface area contributed by atoms with Gasteiger partial charge in [0.05, 0.1) is 17.6 Å². The maximum atomic E-state index is 13.3. The Morgan fingerprint density at radius 1 is 1.33 bits per heavy atom. The summed E-state index contributed by atoms with van der Waals surface area (Å²) in [5.74, 6) is -0.557. The van der Waals surface area contributed by atoms with Gasteiger partial charge in [0.15, 0.2) is 5.76 Å². The third kappa shape index (κ3) is 1.99. The van der Waals surface area contributed by atoms with E-state index in [0.717, 1.165) is 18.2 Å². The minimum absolute atomic E-state index is 0.0406. The fourth-order valence-corrected chi connectivity index (χ4v) is 1.31. The summed E-state index contributed by atoms with van der Waals surface area (Å²) in [6.07, 6.45) is 1.32. The van der Waals surface area contributed by atoms with Gasteiger partial charge in [0.25, 0.3) is 0 Å². The highest BCUT2D eigenvalue weighted by Crippen LogP contribution is 2.24. The molecule has 0 aliphatic rings. The van der Waals surface area contributed by atoms with Crippen LogP contribution in [0.15, 0.2) is 28.8 Å². The van der Waals surface area contributed by atoms with Crippen molar-refractivity contribution >= 4 is 11.6 Å². The van der Waals surface area contributed by atoms with Crippen LogP contribution in [-0.2, 0) is 5.88 Å². The van der Waals surface area contributed by atoms with Crippen LogP contribution in [0.3, 0.4) is 0 Å². The first-order valence-electron chi connectivity index (χ1n) is 4.17. The van der Waals surface area contributed by atoms with Crippen LogP contribution in [0, 0.1) is 11.6 Å². The predicted molar refractivity (Wildman–Crippen MR) is 51.4 cm³/mol. The SMILES string of the molecule is Fc1ccc(F)c(-c2cnc(CCl)o2)c1. The number of hydrogen-bond donors (Lipinski definition) is 0. The summed E-state index contributed by atoms with van der Waals surface area (Å²) in [5, 5.41) is 0. The molecule has 1 heterocycles. The molecule has 78 valence electrons. The highest BCUT2D eigenvalue weighted by Gasteiger charge is 2.11. The van der Waals surface area contributed by atoms with E-state index in [1.807, 2.05) is 0 Å². The number of nitrogens with zero attached hydrogens (tertiary/aromatic N) is 1.